The summed E-state index contributed by atoms with van der Waals surface area (Å²) in [4.78, 5) is 22.6. The molecule has 1 N–H and O–H groups in total. The number of carbonyl (C=O) groups is 2. The summed E-state index contributed by atoms with van der Waals surface area (Å²) in [5, 5.41) is 2.53. The lowest BCUT2D eigenvalue weighted by atomic mass is 10.1. The average Bonchev–Trinajstić information content (AvgIpc) is 2.37. The summed E-state index contributed by atoms with van der Waals surface area (Å²) in [6.45, 7) is 0. The van der Waals surface area contributed by atoms with Gasteiger partial charge < -0.3 is 14.8 Å². The number of carbonyl (C=O) groups excluding carboxylic acids is 2. The molecule has 0 aromatic heterocycles. The van der Waals surface area contributed by atoms with Gasteiger partial charge in [0.25, 0.3) is 0 Å². The largest absolute Gasteiger partial charge is 0.494 e. The van der Waals surface area contributed by atoms with Gasteiger partial charge in [-0.3, -0.25) is 4.79 Å². The molecule has 1 aromatic rings. The van der Waals surface area contributed by atoms with E-state index in [1.165, 1.54) is 14.2 Å². The Morgan fingerprint density at radius 3 is 2.59 bits per heavy atom. The summed E-state index contributed by atoms with van der Waals surface area (Å²) in [5.41, 5.74) is 0.614. The van der Waals surface area contributed by atoms with Crippen LogP contribution in [0.25, 0.3) is 0 Å². The molecule has 1 amide bonds. The molecule has 92 valence electrons. The molecule has 5 nitrogen and oxygen atoms in total. The minimum atomic E-state index is -0.538. The fourth-order valence-electron chi connectivity index (χ4n) is 1.31. The highest BCUT2D eigenvalue weighted by Gasteiger charge is 2.16. The summed E-state index contributed by atoms with van der Waals surface area (Å²) >= 11 is 5.38. The first-order valence-corrected chi connectivity index (χ1v) is 5.28. The zero-order valence-corrected chi connectivity index (χ0v) is 10.2. The van der Waals surface area contributed by atoms with E-state index >= 15 is 0 Å². The number of rotatable bonds is 4. The van der Waals surface area contributed by atoms with Crippen molar-refractivity contribution >= 4 is 29.2 Å². The van der Waals surface area contributed by atoms with E-state index in [9.17, 15) is 9.59 Å². The van der Waals surface area contributed by atoms with Gasteiger partial charge in [-0.1, -0.05) is 6.07 Å². The van der Waals surface area contributed by atoms with Crippen LogP contribution < -0.4 is 10.1 Å². The van der Waals surface area contributed by atoms with Gasteiger partial charge >= 0.3 is 5.97 Å². The number of anilines is 1. The van der Waals surface area contributed by atoms with E-state index in [1.54, 1.807) is 18.2 Å². The number of alkyl halides is 1. The summed E-state index contributed by atoms with van der Waals surface area (Å²) in [5.74, 6) is -0.848. The van der Waals surface area contributed by atoms with E-state index in [1.807, 2.05) is 0 Å². The molecule has 0 spiro atoms. The maximum absolute atomic E-state index is 11.5. The third kappa shape index (κ3) is 3.10. The number of hydrogen-bond donors (Lipinski definition) is 1. The smallest absolute Gasteiger partial charge is 0.341 e. The number of nitrogens with one attached hydrogen (secondary N) is 1. The quantitative estimate of drug-likeness (QED) is 0.658. The Morgan fingerprint density at radius 2 is 2.06 bits per heavy atom. The minimum absolute atomic E-state index is 0.175. The van der Waals surface area contributed by atoms with Crippen molar-refractivity contribution in [3.8, 4) is 5.75 Å². The average molecular weight is 258 g/mol. The van der Waals surface area contributed by atoms with Gasteiger partial charge in [0.1, 0.15) is 11.4 Å². The Bertz CT molecular complexity index is 433. The van der Waals surface area contributed by atoms with E-state index in [-0.39, 0.29) is 23.1 Å². The van der Waals surface area contributed by atoms with Crippen molar-refractivity contribution in [2.24, 2.45) is 0 Å². The molecule has 0 aliphatic carbocycles. The SMILES string of the molecule is COC(=O)c1cccc(NC(=O)CCl)c1OC. The van der Waals surface area contributed by atoms with Crippen molar-refractivity contribution in [2.45, 2.75) is 0 Å². The fraction of sp³-hybridized carbons (Fsp3) is 0.273. The van der Waals surface area contributed by atoms with Crippen LogP contribution >= 0.6 is 11.6 Å². The van der Waals surface area contributed by atoms with Gasteiger partial charge in [-0.15, -0.1) is 11.6 Å². The number of amides is 1. The molecule has 0 atom stereocenters. The number of esters is 1. The first kappa shape index (κ1) is 13.3. The zero-order valence-electron chi connectivity index (χ0n) is 9.45. The second kappa shape index (κ2) is 6.10. The number of halogens is 1. The van der Waals surface area contributed by atoms with Crippen LogP contribution in [-0.4, -0.2) is 32.0 Å². The molecule has 0 radical (unpaired) electrons. The Kier molecular flexibility index (Phi) is 4.78. The maximum atomic E-state index is 11.5. The molecule has 0 unspecified atom stereocenters. The van der Waals surface area contributed by atoms with Crippen molar-refractivity contribution in [1.82, 2.24) is 0 Å². The van der Waals surface area contributed by atoms with Crippen LogP contribution in [0.1, 0.15) is 10.4 Å². The molecule has 1 aromatic carbocycles. The van der Waals surface area contributed by atoms with Crippen LogP contribution in [0, 0.1) is 0 Å². The van der Waals surface area contributed by atoms with E-state index in [0.717, 1.165) is 0 Å². The minimum Gasteiger partial charge on any atom is -0.494 e. The molecule has 0 aliphatic rings. The number of ether oxygens (including phenoxy) is 2. The first-order valence-electron chi connectivity index (χ1n) is 4.75. The second-order valence-corrected chi connectivity index (χ2v) is 3.33. The fourth-order valence-corrected chi connectivity index (χ4v) is 1.38. The number of para-hydroxylation sites is 1. The lowest BCUT2D eigenvalue weighted by molar-refractivity contribution is -0.113. The maximum Gasteiger partial charge on any atom is 0.341 e. The molecule has 0 aliphatic heterocycles. The van der Waals surface area contributed by atoms with Gasteiger partial charge in [-0.05, 0) is 12.1 Å². The van der Waals surface area contributed by atoms with Gasteiger partial charge in [-0.25, -0.2) is 4.79 Å². The second-order valence-electron chi connectivity index (χ2n) is 3.06. The number of benzene rings is 1. The van der Waals surface area contributed by atoms with Gasteiger partial charge in [-0.2, -0.15) is 0 Å². The van der Waals surface area contributed by atoms with Crippen molar-refractivity contribution in [1.29, 1.82) is 0 Å². The van der Waals surface area contributed by atoms with Crippen LogP contribution in [0.15, 0.2) is 18.2 Å². The topological polar surface area (TPSA) is 64.6 Å². The van der Waals surface area contributed by atoms with Crippen LogP contribution in [-0.2, 0) is 9.53 Å². The molecule has 0 saturated carbocycles. The number of methoxy groups -OCH3 is 2. The lowest BCUT2D eigenvalue weighted by Crippen LogP contribution is -2.14. The van der Waals surface area contributed by atoms with Crippen molar-refractivity contribution in [3.63, 3.8) is 0 Å². The van der Waals surface area contributed by atoms with Gasteiger partial charge in [0, 0.05) is 0 Å². The van der Waals surface area contributed by atoms with Crippen LogP contribution in [0.5, 0.6) is 5.75 Å². The number of hydrogen-bond acceptors (Lipinski definition) is 4. The molecule has 0 bridgehead atoms. The van der Waals surface area contributed by atoms with Gasteiger partial charge in [0.2, 0.25) is 5.91 Å². The highest BCUT2D eigenvalue weighted by Crippen LogP contribution is 2.29. The van der Waals surface area contributed by atoms with Crippen molar-refractivity contribution < 1.29 is 19.1 Å². The van der Waals surface area contributed by atoms with Crippen molar-refractivity contribution in [3.05, 3.63) is 23.8 Å². The molecule has 6 heteroatoms. The molecule has 0 fully saturated rings. The molecule has 1 rings (SSSR count). The predicted molar refractivity (Wildman–Crippen MR) is 63.7 cm³/mol. The molecular weight excluding hydrogens is 246 g/mol. The standard InChI is InChI=1S/C11H12ClNO4/c1-16-10-7(11(15)17-2)4-3-5-8(10)13-9(14)6-12/h3-5H,6H2,1-2H3,(H,13,14). The first-order chi connectivity index (χ1) is 8.13. The van der Waals surface area contributed by atoms with Gasteiger partial charge in [0.15, 0.2) is 5.75 Å². The highest BCUT2D eigenvalue weighted by atomic mass is 35.5. The van der Waals surface area contributed by atoms with Crippen LogP contribution in [0.2, 0.25) is 0 Å². The van der Waals surface area contributed by atoms with E-state index in [2.05, 4.69) is 10.1 Å². The third-order valence-electron chi connectivity index (χ3n) is 2.02. The Morgan fingerprint density at radius 1 is 1.35 bits per heavy atom. The summed E-state index contributed by atoms with van der Waals surface area (Å²) in [7, 11) is 2.67. The lowest BCUT2D eigenvalue weighted by Gasteiger charge is -2.12. The van der Waals surface area contributed by atoms with Crippen molar-refractivity contribution in [2.75, 3.05) is 25.4 Å². The Balaban J connectivity index is 3.14. The normalized spacial score (nSPS) is 9.59. The zero-order chi connectivity index (χ0) is 12.8. The Hall–Kier alpha value is -1.75. The predicted octanol–water partition coefficient (Wildman–Crippen LogP) is 1.66. The Labute approximate surface area is 104 Å². The summed E-state index contributed by atoms with van der Waals surface area (Å²) in [6, 6.07) is 4.76. The van der Waals surface area contributed by atoms with E-state index in [4.69, 9.17) is 16.3 Å². The van der Waals surface area contributed by atoms with Crippen LogP contribution in [0.4, 0.5) is 5.69 Å². The molecule has 0 saturated heterocycles. The molecule has 0 heterocycles. The summed E-state index contributed by atoms with van der Waals surface area (Å²) in [6.07, 6.45) is 0. The van der Waals surface area contributed by atoms with Crippen LogP contribution in [0.3, 0.4) is 0 Å². The third-order valence-corrected chi connectivity index (χ3v) is 2.26. The van der Waals surface area contributed by atoms with Gasteiger partial charge in [0.05, 0.1) is 19.9 Å². The summed E-state index contributed by atoms with van der Waals surface area (Å²) < 4.78 is 9.69. The highest BCUT2D eigenvalue weighted by molar-refractivity contribution is 6.29. The molecule has 17 heavy (non-hydrogen) atoms. The monoisotopic (exact) mass is 257 g/mol. The van der Waals surface area contributed by atoms with E-state index in [0.29, 0.717) is 5.69 Å². The van der Waals surface area contributed by atoms with E-state index < -0.39 is 5.97 Å². The molecular formula is C11H12ClNO4.